The van der Waals surface area contributed by atoms with Gasteiger partial charge in [0, 0.05) is 0 Å². The molecule has 0 saturated heterocycles. The van der Waals surface area contributed by atoms with Crippen LogP contribution in [0.5, 0.6) is 0 Å². The van der Waals surface area contributed by atoms with Crippen LogP contribution in [0.3, 0.4) is 0 Å². The van der Waals surface area contributed by atoms with E-state index >= 15 is 0 Å². The van der Waals surface area contributed by atoms with Gasteiger partial charge in [0.1, 0.15) is 0 Å². The second-order valence-electron chi connectivity index (χ2n) is 3.55. The van der Waals surface area contributed by atoms with E-state index in [9.17, 15) is 4.79 Å². The standard InChI is InChI=1S/C12H14N2O/c1-3-10(12(14)15)11-5-4-9(7-13)6-8(11)2/h4-6,10H,3H2,1-2H3,(H2,14,15). The normalized spacial score (nSPS) is 11.8. The molecule has 1 rings (SSSR count). The summed E-state index contributed by atoms with van der Waals surface area (Å²) < 4.78 is 0. The average molecular weight is 202 g/mol. The minimum Gasteiger partial charge on any atom is -0.369 e. The van der Waals surface area contributed by atoms with Gasteiger partial charge in [-0.2, -0.15) is 5.26 Å². The first-order chi connectivity index (χ1) is 7.10. The summed E-state index contributed by atoms with van der Waals surface area (Å²) in [5.41, 5.74) is 7.79. The summed E-state index contributed by atoms with van der Waals surface area (Å²) in [4.78, 5) is 11.2. The molecular formula is C12H14N2O. The van der Waals surface area contributed by atoms with E-state index in [0.717, 1.165) is 11.1 Å². The Morgan fingerprint density at radius 3 is 2.67 bits per heavy atom. The van der Waals surface area contributed by atoms with Gasteiger partial charge < -0.3 is 5.73 Å². The van der Waals surface area contributed by atoms with Crippen molar-refractivity contribution in [3.05, 3.63) is 34.9 Å². The van der Waals surface area contributed by atoms with Crippen LogP contribution in [0, 0.1) is 18.3 Å². The summed E-state index contributed by atoms with van der Waals surface area (Å²) in [5.74, 6) is -0.567. The Morgan fingerprint density at radius 1 is 1.60 bits per heavy atom. The Hall–Kier alpha value is -1.82. The van der Waals surface area contributed by atoms with Crippen LogP contribution in [0.4, 0.5) is 0 Å². The number of nitriles is 1. The van der Waals surface area contributed by atoms with Gasteiger partial charge in [0.2, 0.25) is 5.91 Å². The summed E-state index contributed by atoms with van der Waals surface area (Å²) >= 11 is 0. The summed E-state index contributed by atoms with van der Waals surface area (Å²) in [6.45, 7) is 3.81. The Kier molecular flexibility index (Phi) is 3.46. The van der Waals surface area contributed by atoms with Gasteiger partial charge >= 0.3 is 0 Å². The molecule has 0 heterocycles. The van der Waals surface area contributed by atoms with Crippen LogP contribution in [-0.4, -0.2) is 5.91 Å². The van der Waals surface area contributed by atoms with Crippen molar-refractivity contribution in [3.8, 4) is 6.07 Å². The summed E-state index contributed by atoms with van der Waals surface area (Å²) in [7, 11) is 0. The number of nitrogens with zero attached hydrogens (tertiary/aromatic N) is 1. The van der Waals surface area contributed by atoms with E-state index in [1.807, 2.05) is 19.9 Å². The average Bonchev–Trinajstić information content (AvgIpc) is 2.20. The summed E-state index contributed by atoms with van der Waals surface area (Å²) in [5, 5.41) is 8.72. The first-order valence-electron chi connectivity index (χ1n) is 4.90. The molecule has 0 aliphatic heterocycles. The molecule has 15 heavy (non-hydrogen) atoms. The van der Waals surface area contributed by atoms with Gasteiger partial charge in [-0.1, -0.05) is 13.0 Å². The highest BCUT2D eigenvalue weighted by atomic mass is 16.1. The minimum atomic E-state index is -0.315. The highest BCUT2D eigenvalue weighted by Crippen LogP contribution is 2.23. The predicted molar refractivity (Wildman–Crippen MR) is 58.1 cm³/mol. The lowest BCUT2D eigenvalue weighted by Crippen LogP contribution is -2.21. The van der Waals surface area contributed by atoms with Crippen LogP contribution < -0.4 is 5.73 Å². The number of hydrogen-bond donors (Lipinski definition) is 1. The van der Waals surface area contributed by atoms with Crippen molar-refractivity contribution in [2.24, 2.45) is 5.73 Å². The van der Waals surface area contributed by atoms with Gasteiger partial charge in [-0.15, -0.1) is 0 Å². The van der Waals surface area contributed by atoms with E-state index < -0.39 is 0 Å². The van der Waals surface area contributed by atoms with Gasteiger partial charge in [0.25, 0.3) is 0 Å². The number of carbonyl (C=O) groups excluding carboxylic acids is 1. The van der Waals surface area contributed by atoms with E-state index in [-0.39, 0.29) is 11.8 Å². The molecule has 0 radical (unpaired) electrons. The first kappa shape index (κ1) is 11.3. The minimum absolute atomic E-state index is 0.252. The van der Waals surface area contributed by atoms with Crippen LogP contribution in [0.2, 0.25) is 0 Å². The Morgan fingerprint density at radius 2 is 2.27 bits per heavy atom. The molecule has 0 bridgehead atoms. The number of benzene rings is 1. The highest BCUT2D eigenvalue weighted by molar-refractivity contribution is 5.82. The van der Waals surface area contributed by atoms with Crippen LogP contribution in [0.15, 0.2) is 18.2 Å². The molecule has 1 amide bonds. The third kappa shape index (κ3) is 2.35. The number of aryl methyl sites for hydroxylation is 1. The zero-order chi connectivity index (χ0) is 11.4. The maximum absolute atomic E-state index is 11.2. The summed E-state index contributed by atoms with van der Waals surface area (Å²) in [6.07, 6.45) is 0.683. The second kappa shape index (κ2) is 4.61. The van der Waals surface area contributed by atoms with Gasteiger partial charge in [0.15, 0.2) is 0 Å². The fourth-order valence-electron chi connectivity index (χ4n) is 1.71. The van der Waals surface area contributed by atoms with E-state index in [1.165, 1.54) is 0 Å². The quantitative estimate of drug-likeness (QED) is 0.812. The zero-order valence-corrected chi connectivity index (χ0v) is 8.95. The van der Waals surface area contributed by atoms with Crippen LogP contribution in [-0.2, 0) is 4.79 Å². The van der Waals surface area contributed by atoms with Crippen LogP contribution >= 0.6 is 0 Å². The number of nitrogens with two attached hydrogens (primary N) is 1. The fraction of sp³-hybridized carbons (Fsp3) is 0.333. The van der Waals surface area contributed by atoms with Gasteiger partial charge in [-0.05, 0) is 36.6 Å². The first-order valence-corrected chi connectivity index (χ1v) is 4.90. The summed E-state index contributed by atoms with van der Waals surface area (Å²) in [6, 6.07) is 7.37. The molecule has 0 spiro atoms. The maximum atomic E-state index is 11.2. The SMILES string of the molecule is CCC(C(N)=O)c1ccc(C#N)cc1C. The van der Waals surface area contributed by atoms with E-state index in [0.29, 0.717) is 12.0 Å². The molecule has 2 N–H and O–H groups in total. The third-order valence-electron chi connectivity index (χ3n) is 2.53. The number of amides is 1. The molecule has 1 unspecified atom stereocenters. The smallest absolute Gasteiger partial charge is 0.224 e. The van der Waals surface area contributed by atoms with Crippen molar-refractivity contribution in [2.45, 2.75) is 26.2 Å². The van der Waals surface area contributed by atoms with Gasteiger partial charge in [0.05, 0.1) is 17.6 Å². The van der Waals surface area contributed by atoms with Crippen LogP contribution in [0.25, 0.3) is 0 Å². The van der Waals surface area contributed by atoms with Crippen molar-refractivity contribution in [3.63, 3.8) is 0 Å². The van der Waals surface area contributed by atoms with Crippen molar-refractivity contribution < 1.29 is 4.79 Å². The molecular weight excluding hydrogens is 188 g/mol. The molecule has 78 valence electrons. The van der Waals surface area contributed by atoms with E-state index in [2.05, 4.69) is 6.07 Å². The third-order valence-corrected chi connectivity index (χ3v) is 2.53. The van der Waals surface area contributed by atoms with Crippen LogP contribution in [0.1, 0.15) is 36.0 Å². The number of carbonyl (C=O) groups is 1. The Bertz CT molecular complexity index is 418. The predicted octanol–water partition coefficient (Wildman–Crippen LogP) is 1.85. The second-order valence-corrected chi connectivity index (χ2v) is 3.55. The molecule has 0 fully saturated rings. The Labute approximate surface area is 89.5 Å². The number of hydrogen-bond acceptors (Lipinski definition) is 2. The topological polar surface area (TPSA) is 66.9 Å². The lowest BCUT2D eigenvalue weighted by atomic mass is 9.91. The fourth-order valence-corrected chi connectivity index (χ4v) is 1.71. The largest absolute Gasteiger partial charge is 0.369 e. The highest BCUT2D eigenvalue weighted by Gasteiger charge is 2.17. The number of primary amides is 1. The van der Waals surface area contributed by atoms with Gasteiger partial charge in [-0.3, -0.25) is 4.79 Å². The van der Waals surface area contributed by atoms with Crippen molar-refractivity contribution in [1.82, 2.24) is 0 Å². The monoisotopic (exact) mass is 202 g/mol. The number of rotatable bonds is 3. The Balaban J connectivity index is 3.15. The van der Waals surface area contributed by atoms with E-state index in [1.54, 1.807) is 12.1 Å². The van der Waals surface area contributed by atoms with Gasteiger partial charge in [-0.25, -0.2) is 0 Å². The molecule has 0 saturated carbocycles. The molecule has 0 aliphatic carbocycles. The molecule has 3 heteroatoms. The maximum Gasteiger partial charge on any atom is 0.224 e. The molecule has 3 nitrogen and oxygen atoms in total. The molecule has 0 aliphatic rings. The molecule has 1 aromatic rings. The van der Waals surface area contributed by atoms with Crippen molar-refractivity contribution in [1.29, 1.82) is 5.26 Å². The van der Waals surface area contributed by atoms with Crippen molar-refractivity contribution >= 4 is 5.91 Å². The lowest BCUT2D eigenvalue weighted by molar-refractivity contribution is -0.119. The van der Waals surface area contributed by atoms with Crippen molar-refractivity contribution in [2.75, 3.05) is 0 Å². The van der Waals surface area contributed by atoms with E-state index in [4.69, 9.17) is 11.0 Å². The molecule has 0 aromatic heterocycles. The lowest BCUT2D eigenvalue weighted by Gasteiger charge is -2.14. The molecule has 1 atom stereocenters. The molecule has 1 aromatic carbocycles. The zero-order valence-electron chi connectivity index (χ0n) is 8.95.